The van der Waals surface area contributed by atoms with E-state index >= 15 is 0 Å². The van der Waals surface area contributed by atoms with E-state index in [0.717, 1.165) is 5.56 Å². The normalized spacial score (nSPS) is 10.8. The summed E-state index contributed by atoms with van der Waals surface area (Å²) in [6.07, 6.45) is 0. The second-order valence-corrected chi connectivity index (χ2v) is 5.59. The molecule has 2 aromatic carbocycles. The molecule has 0 aliphatic carbocycles. The first-order valence-corrected chi connectivity index (χ1v) is 8.25. The number of thiol groups is 1. The van der Waals surface area contributed by atoms with Gasteiger partial charge >= 0.3 is 5.63 Å². The molecule has 24 heavy (non-hydrogen) atoms. The second kappa shape index (κ2) is 7.01. The smallest absolute Gasteiger partial charge is 0.345 e. The first-order chi connectivity index (χ1) is 11.7. The zero-order valence-corrected chi connectivity index (χ0v) is 14.4. The fourth-order valence-electron chi connectivity index (χ4n) is 2.63. The van der Waals surface area contributed by atoms with Crippen molar-refractivity contribution in [2.24, 2.45) is 0 Å². The van der Waals surface area contributed by atoms with Crippen LogP contribution in [-0.2, 0) is 0 Å². The van der Waals surface area contributed by atoms with E-state index in [9.17, 15) is 4.79 Å². The molecule has 4 nitrogen and oxygen atoms in total. The molecule has 0 N–H and O–H groups in total. The second-order valence-electron chi connectivity index (χ2n) is 5.14. The van der Waals surface area contributed by atoms with Gasteiger partial charge in [0.25, 0.3) is 0 Å². The van der Waals surface area contributed by atoms with Crippen molar-refractivity contribution in [3.63, 3.8) is 0 Å². The maximum Gasteiger partial charge on any atom is 0.345 e. The Bertz CT molecular complexity index is 916. The monoisotopic (exact) mass is 342 g/mol. The van der Waals surface area contributed by atoms with Crippen LogP contribution in [0.5, 0.6) is 11.5 Å². The van der Waals surface area contributed by atoms with Crippen molar-refractivity contribution in [1.82, 2.24) is 0 Å². The van der Waals surface area contributed by atoms with Gasteiger partial charge in [0.15, 0.2) is 0 Å². The van der Waals surface area contributed by atoms with E-state index < -0.39 is 5.63 Å². The highest BCUT2D eigenvalue weighted by molar-refractivity contribution is 7.80. The summed E-state index contributed by atoms with van der Waals surface area (Å²) in [4.78, 5) is 13.0. The number of rotatable bonds is 5. The summed E-state index contributed by atoms with van der Waals surface area (Å²) < 4.78 is 16.8. The lowest BCUT2D eigenvalue weighted by Crippen LogP contribution is -2.06. The quantitative estimate of drug-likeness (QED) is 0.546. The number of ether oxygens (including phenoxy) is 2. The van der Waals surface area contributed by atoms with Crippen molar-refractivity contribution in [2.75, 3.05) is 13.2 Å². The number of benzene rings is 2. The average molecular weight is 342 g/mol. The number of hydrogen-bond donors (Lipinski definition) is 1. The summed E-state index contributed by atoms with van der Waals surface area (Å²) in [7, 11) is 0. The molecule has 1 aromatic heterocycles. The fraction of sp³-hybridized carbons (Fsp3) is 0.211. The van der Waals surface area contributed by atoms with Gasteiger partial charge in [0.1, 0.15) is 17.1 Å². The van der Waals surface area contributed by atoms with Gasteiger partial charge in [0.05, 0.1) is 24.2 Å². The molecular formula is C19H18O4S. The van der Waals surface area contributed by atoms with Gasteiger partial charge in [-0.05, 0) is 19.4 Å². The van der Waals surface area contributed by atoms with Crippen LogP contribution in [-0.4, -0.2) is 13.2 Å². The maximum absolute atomic E-state index is 12.5. The van der Waals surface area contributed by atoms with Gasteiger partial charge in [0, 0.05) is 17.0 Å². The third-order valence-corrected chi connectivity index (χ3v) is 4.04. The van der Waals surface area contributed by atoms with E-state index in [2.05, 4.69) is 12.6 Å². The SMILES string of the molecule is CCOc1cc(OCC)c2c(S)c(-c3ccccc3)c(=O)oc2c1. The van der Waals surface area contributed by atoms with Gasteiger partial charge in [-0.25, -0.2) is 4.79 Å². The van der Waals surface area contributed by atoms with E-state index in [0.29, 0.717) is 46.1 Å². The molecule has 0 bridgehead atoms. The molecule has 0 atom stereocenters. The topological polar surface area (TPSA) is 48.7 Å². The molecule has 0 fully saturated rings. The Labute approximate surface area is 145 Å². The minimum atomic E-state index is -0.435. The fourth-order valence-corrected chi connectivity index (χ4v) is 3.07. The van der Waals surface area contributed by atoms with Crippen LogP contribution in [0.2, 0.25) is 0 Å². The van der Waals surface area contributed by atoms with Crippen LogP contribution in [0, 0.1) is 0 Å². The summed E-state index contributed by atoms with van der Waals surface area (Å²) in [5, 5.41) is 0.669. The van der Waals surface area contributed by atoms with Crippen molar-refractivity contribution in [1.29, 1.82) is 0 Å². The summed E-state index contributed by atoms with van der Waals surface area (Å²) in [6.45, 7) is 4.78. The Balaban J connectivity index is 2.33. The molecule has 0 saturated heterocycles. The van der Waals surface area contributed by atoms with E-state index in [1.165, 1.54) is 0 Å². The van der Waals surface area contributed by atoms with Crippen molar-refractivity contribution < 1.29 is 13.9 Å². The Morgan fingerprint density at radius 1 is 1.04 bits per heavy atom. The Kier molecular flexibility index (Phi) is 4.81. The molecule has 3 aromatic rings. The summed E-state index contributed by atoms with van der Waals surface area (Å²) in [5.74, 6) is 1.18. The highest BCUT2D eigenvalue weighted by atomic mass is 32.1. The molecule has 0 radical (unpaired) electrons. The van der Waals surface area contributed by atoms with Crippen LogP contribution >= 0.6 is 12.6 Å². The summed E-state index contributed by atoms with van der Waals surface area (Å²) >= 11 is 4.61. The van der Waals surface area contributed by atoms with Crippen LogP contribution in [0.4, 0.5) is 0 Å². The first-order valence-electron chi connectivity index (χ1n) is 7.80. The standard InChI is InChI=1S/C19H18O4S/c1-3-21-13-10-14(22-4-2)17-15(11-13)23-19(20)16(18(17)24)12-8-6-5-7-9-12/h5-11,24H,3-4H2,1-2H3. The van der Waals surface area contributed by atoms with Crippen LogP contribution in [0.1, 0.15) is 13.8 Å². The molecule has 3 rings (SSSR count). The Hall–Kier alpha value is -2.40. The lowest BCUT2D eigenvalue weighted by Gasteiger charge is -2.13. The molecule has 0 spiro atoms. The van der Waals surface area contributed by atoms with Gasteiger partial charge < -0.3 is 13.9 Å². The van der Waals surface area contributed by atoms with E-state index in [1.54, 1.807) is 12.1 Å². The van der Waals surface area contributed by atoms with Crippen LogP contribution in [0.15, 0.2) is 56.6 Å². The maximum atomic E-state index is 12.5. The van der Waals surface area contributed by atoms with Crippen molar-refractivity contribution in [3.8, 4) is 22.6 Å². The van der Waals surface area contributed by atoms with Crippen LogP contribution < -0.4 is 15.1 Å². The van der Waals surface area contributed by atoms with Gasteiger partial charge in [-0.15, -0.1) is 12.6 Å². The van der Waals surface area contributed by atoms with Crippen molar-refractivity contribution in [2.45, 2.75) is 18.7 Å². The lowest BCUT2D eigenvalue weighted by atomic mass is 10.1. The Morgan fingerprint density at radius 2 is 1.75 bits per heavy atom. The number of hydrogen-bond acceptors (Lipinski definition) is 5. The number of fused-ring (bicyclic) bond motifs is 1. The zero-order chi connectivity index (χ0) is 17.1. The molecular weight excluding hydrogens is 324 g/mol. The van der Waals surface area contributed by atoms with Gasteiger partial charge in [0.2, 0.25) is 0 Å². The van der Waals surface area contributed by atoms with Crippen LogP contribution in [0.3, 0.4) is 0 Å². The molecule has 5 heteroatoms. The van der Waals surface area contributed by atoms with E-state index in [-0.39, 0.29) is 0 Å². The predicted octanol–water partition coefficient (Wildman–Crippen LogP) is 4.55. The summed E-state index contributed by atoms with van der Waals surface area (Å²) in [6, 6.07) is 12.8. The minimum Gasteiger partial charge on any atom is -0.494 e. The van der Waals surface area contributed by atoms with Gasteiger partial charge in [-0.2, -0.15) is 0 Å². The third kappa shape index (κ3) is 2.99. The van der Waals surface area contributed by atoms with E-state index in [4.69, 9.17) is 13.9 Å². The van der Waals surface area contributed by atoms with E-state index in [1.807, 2.05) is 44.2 Å². The van der Waals surface area contributed by atoms with Gasteiger partial charge in [-0.1, -0.05) is 30.3 Å². The zero-order valence-electron chi connectivity index (χ0n) is 13.5. The molecule has 0 unspecified atom stereocenters. The average Bonchev–Trinajstić information content (AvgIpc) is 2.56. The van der Waals surface area contributed by atoms with Crippen molar-refractivity contribution in [3.05, 3.63) is 52.9 Å². The summed E-state index contributed by atoms with van der Waals surface area (Å²) in [5.41, 5.74) is 1.15. The molecule has 0 amide bonds. The lowest BCUT2D eigenvalue weighted by molar-refractivity contribution is 0.324. The largest absolute Gasteiger partial charge is 0.494 e. The van der Waals surface area contributed by atoms with Crippen LogP contribution in [0.25, 0.3) is 22.1 Å². The molecule has 0 saturated carbocycles. The third-order valence-electron chi connectivity index (χ3n) is 3.59. The van der Waals surface area contributed by atoms with Crippen molar-refractivity contribution >= 4 is 23.6 Å². The van der Waals surface area contributed by atoms with Gasteiger partial charge in [-0.3, -0.25) is 0 Å². The first kappa shape index (κ1) is 16.5. The molecule has 124 valence electrons. The molecule has 0 aliphatic rings. The highest BCUT2D eigenvalue weighted by Gasteiger charge is 2.18. The predicted molar refractivity (Wildman–Crippen MR) is 97.5 cm³/mol. The Morgan fingerprint density at radius 3 is 2.42 bits per heavy atom. The molecule has 1 heterocycles. The molecule has 0 aliphatic heterocycles. The minimum absolute atomic E-state index is 0.402. The highest BCUT2D eigenvalue weighted by Crippen LogP contribution is 2.38.